The van der Waals surface area contributed by atoms with Gasteiger partial charge in [0.2, 0.25) is 0 Å². The van der Waals surface area contributed by atoms with Crippen molar-refractivity contribution >= 4 is 22.6 Å². The number of rotatable bonds is 1. The molecule has 0 bridgehead atoms. The molecule has 0 spiro atoms. The lowest BCUT2D eigenvalue weighted by molar-refractivity contribution is 1.02. The number of alkyl halides is 1. The van der Waals surface area contributed by atoms with Gasteiger partial charge >= 0.3 is 0 Å². The molecule has 0 saturated heterocycles. The van der Waals surface area contributed by atoms with Crippen molar-refractivity contribution in [1.82, 2.24) is 0 Å². The smallest absolute Gasteiger partial charge is 0.00813 e. The Hall–Kier alpha value is 0.730. The van der Waals surface area contributed by atoms with Crippen molar-refractivity contribution in [3.05, 3.63) is 6.92 Å². The fourth-order valence-electron chi connectivity index (χ4n) is 0. The summed E-state index contributed by atoms with van der Waals surface area (Å²) in [6, 6.07) is 0. The summed E-state index contributed by atoms with van der Waals surface area (Å²) in [6.07, 6.45) is 1.04. The topological polar surface area (TPSA) is 0 Å². The van der Waals surface area contributed by atoms with Crippen molar-refractivity contribution in [1.29, 1.82) is 0 Å². The highest BCUT2D eigenvalue weighted by molar-refractivity contribution is 14.1. The van der Waals surface area contributed by atoms with Crippen LogP contribution < -0.4 is 0 Å². The van der Waals surface area contributed by atoms with Crippen LogP contribution >= 0.6 is 22.6 Å². The lowest BCUT2D eigenvalue weighted by Gasteiger charge is -1.88. The third kappa shape index (κ3) is 4.73. The number of hydrogen-bond donors (Lipinski definition) is 0. The molecule has 0 amide bonds. The fraction of sp³-hybridized carbons (Fsp3) is 0.750. The summed E-state index contributed by atoms with van der Waals surface area (Å²) in [5.74, 6) is 0. The Balaban J connectivity index is 2.54. The molecule has 0 saturated carbocycles. The molecular formula is C4H8I. The summed E-state index contributed by atoms with van der Waals surface area (Å²) >= 11 is 2.34. The summed E-state index contributed by atoms with van der Waals surface area (Å²) in [4.78, 5) is 0. The highest BCUT2D eigenvalue weighted by atomic mass is 127. The van der Waals surface area contributed by atoms with Gasteiger partial charge in [0.25, 0.3) is 0 Å². The Morgan fingerprint density at radius 2 is 2.20 bits per heavy atom. The summed E-state index contributed by atoms with van der Waals surface area (Å²) in [7, 11) is 0. The third-order valence-electron chi connectivity index (χ3n) is 0.398. The van der Waals surface area contributed by atoms with Crippen molar-refractivity contribution in [3.8, 4) is 0 Å². The molecule has 0 fully saturated rings. The molecule has 0 rings (SSSR count). The Morgan fingerprint density at radius 1 is 2.00 bits per heavy atom. The average Bonchev–Trinajstić information content (AvgIpc) is 1.38. The molecule has 0 aromatic heterocycles. The Bertz CT molecular complexity index is 17.6. The monoisotopic (exact) mass is 183 g/mol. The molecule has 0 aliphatic carbocycles. The zero-order valence-corrected chi connectivity index (χ0v) is 5.53. The average molecular weight is 183 g/mol. The van der Waals surface area contributed by atoms with E-state index < -0.39 is 0 Å². The van der Waals surface area contributed by atoms with E-state index in [9.17, 15) is 0 Å². The van der Waals surface area contributed by atoms with Gasteiger partial charge in [-0.15, -0.1) is 0 Å². The van der Waals surface area contributed by atoms with Gasteiger partial charge in [-0.2, -0.15) is 0 Å². The molecule has 0 aliphatic rings. The van der Waals surface area contributed by atoms with E-state index in [1.807, 2.05) is 0 Å². The maximum atomic E-state index is 3.68. The molecule has 0 aromatic carbocycles. The van der Waals surface area contributed by atoms with E-state index in [2.05, 4.69) is 36.4 Å². The van der Waals surface area contributed by atoms with E-state index in [0.29, 0.717) is 0 Å². The number of halogens is 1. The minimum Gasteiger partial charge on any atom is -0.0829 e. The maximum absolute atomic E-state index is 3.68. The molecule has 1 heteroatoms. The van der Waals surface area contributed by atoms with Gasteiger partial charge in [0.05, 0.1) is 0 Å². The van der Waals surface area contributed by atoms with Crippen LogP contribution in [-0.2, 0) is 0 Å². The van der Waals surface area contributed by atoms with Gasteiger partial charge in [-0.25, -0.2) is 0 Å². The van der Waals surface area contributed by atoms with Crippen LogP contribution in [0.1, 0.15) is 13.3 Å². The Kier molecular flexibility index (Phi) is 3.37. The summed E-state index contributed by atoms with van der Waals surface area (Å²) in [5, 5.41) is 0. The minimum atomic E-state index is 0.743. The Morgan fingerprint density at radius 3 is 2.20 bits per heavy atom. The number of hydrogen-bond acceptors (Lipinski definition) is 0. The normalized spacial score (nSPS) is 15.0. The summed E-state index contributed by atoms with van der Waals surface area (Å²) in [6.45, 7) is 5.82. The quantitative estimate of drug-likeness (QED) is 0.431. The van der Waals surface area contributed by atoms with E-state index in [1.54, 1.807) is 0 Å². The zero-order chi connectivity index (χ0) is 4.28. The second-order valence-electron chi connectivity index (χ2n) is 1.07. The molecule has 0 nitrogen and oxygen atoms in total. The zero-order valence-electron chi connectivity index (χ0n) is 3.37. The molecule has 31 valence electrons. The van der Waals surface area contributed by atoms with Crippen LogP contribution in [0.15, 0.2) is 0 Å². The molecule has 1 unspecified atom stereocenters. The van der Waals surface area contributed by atoms with Crippen LogP contribution in [0.5, 0.6) is 0 Å². The van der Waals surface area contributed by atoms with Crippen LogP contribution in [0.4, 0.5) is 0 Å². The first-order valence-electron chi connectivity index (χ1n) is 1.70. The van der Waals surface area contributed by atoms with Gasteiger partial charge in [0.1, 0.15) is 0 Å². The van der Waals surface area contributed by atoms with Crippen molar-refractivity contribution in [2.45, 2.75) is 17.3 Å². The summed E-state index contributed by atoms with van der Waals surface area (Å²) in [5.41, 5.74) is 0. The lowest BCUT2D eigenvalue weighted by atomic mass is 10.4. The fourth-order valence-corrected chi connectivity index (χ4v) is 0. The first kappa shape index (κ1) is 5.73. The van der Waals surface area contributed by atoms with E-state index >= 15 is 0 Å². The van der Waals surface area contributed by atoms with E-state index in [-0.39, 0.29) is 0 Å². The van der Waals surface area contributed by atoms with E-state index in [4.69, 9.17) is 0 Å². The van der Waals surface area contributed by atoms with Crippen LogP contribution in [0.25, 0.3) is 0 Å². The molecular weight excluding hydrogens is 175 g/mol. The van der Waals surface area contributed by atoms with E-state index in [1.165, 1.54) is 0 Å². The first-order valence-corrected chi connectivity index (χ1v) is 2.95. The summed E-state index contributed by atoms with van der Waals surface area (Å²) < 4.78 is 0.743. The lowest BCUT2D eigenvalue weighted by Crippen LogP contribution is -1.80. The van der Waals surface area contributed by atoms with Gasteiger partial charge in [0.15, 0.2) is 0 Å². The molecule has 0 aliphatic heterocycles. The van der Waals surface area contributed by atoms with Crippen LogP contribution in [0.3, 0.4) is 0 Å². The minimum absolute atomic E-state index is 0.743. The molecule has 0 aromatic rings. The van der Waals surface area contributed by atoms with Gasteiger partial charge in [0, 0.05) is 3.92 Å². The van der Waals surface area contributed by atoms with Crippen LogP contribution in [0.2, 0.25) is 0 Å². The van der Waals surface area contributed by atoms with Gasteiger partial charge in [-0.05, 0) is 6.42 Å². The molecule has 0 heterocycles. The van der Waals surface area contributed by atoms with Gasteiger partial charge < -0.3 is 0 Å². The van der Waals surface area contributed by atoms with Crippen molar-refractivity contribution in [2.24, 2.45) is 0 Å². The van der Waals surface area contributed by atoms with Crippen molar-refractivity contribution < 1.29 is 0 Å². The second-order valence-corrected chi connectivity index (χ2v) is 3.20. The predicted octanol–water partition coefficient (Wildman–Crippen LogP) is 2.03. The van der Waals surface area contributed by atoms with E-state index in [0.717, 1.165) is 10.3 Å². The predicted molar refractivity (Wildman–Crippen MR) is 33.5 cm³/mol. The maximum Gasteiger partial charge on any atom is 0.00813 e. The largest absolute Gasteiger partial charge is 0.0829 e. The molecule has 0 N–H and O–H groups in total. The third-order valence-corrected chi connectivity index (χ3v) is 1.02. The standard InChI is InChI=1S/C4H8I/c1-3-4(2)5/h4H,1,3H2,2H3. The highest BCUT2D eigenvalue weighted by Gasteiger charge is 1.82. The van der Waals surface area contributed by atoms with Gasteiger partial charge in [-0.3, -0.25) is 0 Å². The van der Waals surface area contributed by atoms with Gasteiger partial charge in [-0.1, -0.05) is 36.4 Å². The SMILES string of the molecule is [CH2]CC(C)I. The second kappa shape index (κ2) is 2.94. The molecule has 1 radical (unpaired) electrons. The molecule has 1 atom stereocenters. The first-order chi connectivity index (χ1) is 2.27. The highest BCUT2D eigenvalue weighted by Crippen LogP contribution is 1.99. The van der Waals surface area contributed by atoms with Crippen molar-refractivity contribution in [3.63, 3.8) is 0 Å². The van der Waals surface area contributed by atoms with Crippen LogP contribution in [-0.4, -0.2) is 3.92 Å². The van der Waals surface area contributed by atoms with Crippen molar-refractivity contribution in [2.75, 3.05) is 0 Å². The Labute approximate surface area is 47.1 Å². The molecule has 5 heavy (non-hydrogen) atoms. The van der Waals surface area contributed by atoms with Crippen LogP contribution in [0, 0.1) is 6.92 Å².